The molecule has 1 aliphatic heterocycles. The summed E-state index contributed by atoms with van der Waals surface area (Å²) < 4.78 is 0. The average molecular weight is 184 g/mol. The van der Waals surface area contributed by atoms with Crippen molar-refractivity contribution < 1.29 is 0 Å². The lowest BCUT2D eigenvalue weighted by atomic mass is 10.1. The van der Waals surface area contributed by atoms with Crippen molar-refractivity contribution >= 4 is 0 Å². The van der Waals surface area contributed by atoms with Crippen molar-refractivity contribution in [3.8, 4) is 0 Å². The van der Waals surface area contributed by atoms with E-state index in [4.69, 9.17) is 0 Å². The van der Waals surface area contributed by atoms with E-state index < -0.39 is 0 Å². The van der Waals surface area contributed by atoms with Crippen molar-refractivity contribution in [2.75, 3.05) is 33.7 Å². The van der Waals surface area contributed by atoms with Crippen LogP contribution in [0.15, 0.2) is 0 Å². The van der Waals surface area contributed by atoms with Gasteiger partial charge in [-0.2, -0.15) is 0 Å². The molecule has 1 atom stereocenters. The first-order valence-corrected chi connectivity index (χ1v) is 5.48. The maximum atomic E-state index is 2.60. The van der Waals surface area contributed by atoms with Gasteiger partial charge >= 0.3 is 0 Å². The number of hydrogen-bond donors (Lipinski definition) is 0. The third-order valence-corrected chi connectivity index (χ3v) is 3.03. The van der Waals surface area contributed by atoms with Crippen LogP contribution in [0.1, 0.15) is 26.7 Å². The molecule has 0 aliphatic carbocycles. The fourth-order valence-electron chi connectivity index (χ4n) is 2.01. The Morgan fingerprint density at radius 2 is 2.08 bits per heavy atom. The predicted molar refractivity (Wildman–Crippen MR) is 58.0 cm³/mol. The molecule has 0 spiro atoms. The van der Waals surface area contributed by atoms with Crippen LogP contribution in [0.3, 0.4) is 0 Å². The number of nitrogens with zero attached hydrogens (tertiary/aromatic N) is 2. The van der Waals surface area contributed by atoms with Gasteiger partial charge in [0.25, 0.3) is 0 Å². The SMILES string of the molecule is CC(C)N1CCC(CCN(C)C)C1. The molecule has 0 amide bonds. The molecule has 2 nitrogen and oxygen atoms in total. The molecule has 0 aromatic carbocycles. The Morgan fingerprint density at radius 3 is 2.54 bits per heavy atom. The number of likely N-dealkylation sites (tertiary alicyclic amines) is 1. The van der Waals surface area contributed by atoms with E-state index in [-0.39, 0.29) is 0 Å². The smallest absolute Gasteiger partial charge is 0.00387 e. The Kier molecular flexibility index (Phi) is 4.20. The normalized spacial score (nSPS) is 24.9. The first kappa shape index (κ1) is 11.0. The highest BCUT2D eigenvalue weighted by Crippen LogP contribution is 2.21. The quantitative estimate of drug-likeness (QED) is 0.656. The third kappa shape index (κ3) is 3.65. The Balaban J connectivity index is 2.17. The second-order valence-corrected chi connectivity index (χ2v) is 4.84. The van der Waals surface area contributed by atoms with Crippen molar-refractivity contribution in [2.45, 2.75) is 32.7 Å². The second kappa shape index (κ2) is 4.97. The molecule has 0 saturated carbocycles. The molecule has 0 radical (unpaired) electrons. The van der Waals surface area contributed by atoms with E-state index in [2.05, 4.69) is 37.7 Å². The molecule has 1 heterocycles. The summed E-state index contributed by atoms with van der Waals surface area (Å²) in [5, 5.41) is 0. The molecule has 13 heavy (non-hydrogen) atoms. The third-order valence-electron chi connectivity index (χ3n) is 3.03. The molecule has 0 bridgehead atoms. The molecule has 1 fully saturated rings. The molecule has 1 unspecified atom stereocenters. The lowest BCUT2D eigenvalue weighted by Gasteiger charge is -2.20. The van der Waals surface area contributed by atoms with Gasteiger partial charge in [-0.1, -0.05) is 0 Å². The van der Waals surface area contributed by atoms with Gasteiger partial charge in [0.05, 0.1) is 0 Å². The highest BCUT2D eigenvalue weighted by Gasteiger charge is 2.23. The summed E-state index contributed by atoms with van der Waals surface area (Å²) in [5.74, 6) is 0.949. The zero-order chi connectivity index (χ0) is 9.84. The van der Waals surface area contributed by atoms with Crippen molar-refractivity contribution in [1.82, 2.24) is 9.80 Å². The molecule has 1 saturated heterocycles. The zero-order valence-electron chi connectivity index (χ0n) is 9.58. The van der Waals surface area contributed by atoms with E-state index in [1.165, 1.54) is 32.5 Å². The van der Waals surface area contributed by atoms with Crippen molar-refractivity contribution in [2.24, 2.45) is 5.92 Å². The largest absolute Gasteiger partial charge is 0.309 e. The standard InChI is InChI=1S/C11H24N2/c1-10(2)13-8-6-11(9-13)5-7-12(3)4/h10-11H,5-9H2,1-4H3. The summed E-state index contributed by atoms with van der Waals surface area (Å²) in [5.41, 5.74) is 0. The minimum Gasteiger partial charge on any atom is -0.309 e. The Morgan fingerprint density at radius 1 is 1.38 bits per heavy atom. The summed E-state index contributed by atoms with van der Waals surface area (Å²) >= 11 is 0. The van der Waals surface area contributed by atoms with Crippen LogP contribution in [-0.2, 0) is 0 Å². The summed E-state index contributed by atoms with van der Waals surface area (Å²) in [6.45, 7) is 8.49. The van der Waals surface area contributed by atoms with Crippen LogP contribution < -0.4 is 0 Å². The predicted octanol–water partition coefficient (Wildman–Crippen LogP) is 1.67. The van der Waals surface area contributed by atoms with Gasteiger partial charge in [0, 0.05) is 12.6 Å². The van der Waals surface area contributed by atoms with Gasteiger partial charge in [-0.3, -0.25) is 0 Å². The maximum absolute atomic E-state index is 2.60. The second-order valence-electron chi connectivity index (χ2n) is 4.84. The summed E-state index contributed by atoms with van der Waals surface area (Å²) in [6.07, 6.45) is 2.78. The maximum Gasteiger partial charge on any atom is 0.00387 e. The van der Waals surface area contributed by atoms with E-state index in [1.807, 2.05) is 0 Å². The fourth-order valence-corrected chi connectivity index (χ4v) is 2.01. The molecule has 2 heteroatoms. The summed E-state index contributed by atoms with van der Waals surface area (Å²) in [7, 11) is 4.32. The molecule has 0 N–H and O–H groups in total. The van der Waals surface area contributed by atoms with Gasteiger partial charge in [-0.25, -0.2) is 0 Å². The van der Waals surface area contributed by atoms with Crippen molar-refractivity contribution in [3.05, 3.63) is 0 Å². The lowest BCUT2D eigenvalue weighted by molar-refractivity contribution is 0.258. The molecular formula is C11H24N2. The van der Waals surface area contributed by atoms with Gasteiger partial charge < -0.3 is 9.80 Å². The van der Waals surface area contributed by atoms with E-state index in [9.17, 15) is 0 Å². The topological polar surface area (TPSA) is 6.48 Å². The Labute approximate surface area is 82.9 Å². The van der Waals surface area contributed by atoms with E-state index in [1.54, 1.807) is 0 Å². The van der Waals surface area contributed by atoms with Gasteiger partial charge in [0.15, 0.2) is 0 Å². The molecular weight excluding hydrogens is 160 g/mol. The first-order valence-electron chi connectivity index (χ1n) is 5.48. The molecule has 1 aliphatic rings. The van der Waals surface area contributed by atoms with E-state index in [0.717, 1.165) is 12.0 Å². The zero-order valence-corrected chi connectivity index (χ0v) is 9.58. The van der Waals surface area contributed by atoms with Crippen molar-refractivity contribution in [1.29, 1.82) is 0 Å². The van der Waals surface area contributed by atoms with E-state index >= 15 is 0 Å². The average Bonchev–Trinajstić information content (AvgIpc) is 2.48. The van der Waals surface area contributed by atoms with Crippen LogP contribution in [0.2, 0.25) is 0 Å². The number of hydrogen-bond acceptors (Lipinski definition) is 2. The van der Waals surface area contributed by atoms with Crippen LogP contribution >= 0.6 is 0 Å². The molecule has 78 valence electrons. The van der Waals surface area contributed by atoms with Gasteiger partial charge in [0.2, 0.25) is 0 Å². The van der Waals surface area contributed by atoms with Gasteiger partial charge in [-0.05, 0) is 59.8 Å². The summed E-state index contributed by atoms with van der Waals surface area (Å²) in [6, 6.07) is 0.740. The minimum absolute atomic E-state index is 0.740. The van der Waals surface area contributed by atoms with Crippen LogP contribution in [0.5, 0.6) is 0 Å². The van der Waals surface area contributed by atoms with Gasteiger partial charge in [0.1, 0.15) is 0 Å². The molecule has 1 rings (SSSR count). The number of rotatable bonds is 4. The monoisotopic (exact) mass is 184 g/mol. The summed E-state index contributed by atoms with van der Waals surface area (Å²) in [4.78, 5) is 4.89. The lowest BCUT2D eigenvalue weighted by Crippen LogP contribution is -2.28. The first-order chi connectivity index (χ1) is 6.09. The molecule has 0 aromatic heterocycles. The fraction of sp³-hybridized carbons (Fsp3) is 1.00. The van der Waals surface area contributed by atoms with Crippen LogP contribution in [0.25, 0.3) is 0 Å². The van der Waals surface area contributed by atoms with Gasteiger partial charge in [-0.15, -0.1) is 0 Å². The Hall–Kier alpha value is -0.0800. The minimum atomic E-state index is 0.740. The van der Waals surface area contributed by atoms with Crippen molar-refractivity contribution in [3.63, 3.8) is 0 Å². The highest BCUT2D eigenvalue weighted by atomic mass is 15.2. The van der Waals surface area contributed by atoms with E-state index in [0.29, 0.717) is 0 Å². The molecule has 0 aromatic rings. The van der Waals surface area contributed by atoms with Crippen LogP contribution in [0.4, 0.5) is 0 Å². The van der Waals surface area contributed by atoms with Crippen LogP contribution in [-0.4, -0.2) is 49.6 Å². The van der Waals surface area contributed by atoms with Crippen LogP contribution in [0, 0.1) is 5.92 Å². The highest BCUT2D eigenvalue weighted by molar-refractivity contribution is 4.77. The Bertz CT molecular complexity index is 143.